The summed E-state index contributed by atoms with van der Waals surface area (Å²) in [4.78, 5) is 28.5. The van der Waals surface area contributed by atoms with Gasteiger partial charge in [0.2, 0.25) is 5.91 Å². The maximum absolute atomic E-state index is 13.1. The lowest BCUT2D eigenvalue weighted by Crippen LogP contribution is -2.45. The van der Waals surface area contributed by atoms with Crippen LogP contribution < -0.4 is 14.8 Å². The summed E-state index contributed by atoms with van der Waals surface area (Å²) >= 11 is 3.20. The normalized spacial score (nSPS) is 20.7. The fraction of sp³-hybridized carbons (Fsp3) is 0.333. The number of fused-ring (bicyclic) bond motifs is 3. The Morgan fingerprint density at radius 3 is 2.85 bits per heavy atom. The Bertz CT molecular complexity index is 853. The summed E-state index contributed by atoms with van der Waals surface area (Å²) in [6.45, 7) is 0.481. The van der Waals surface area contributed by atoms with Crippen LogP contribution in [0.1, 0.15) is 26.2 Å². The molecule has 0 bridgehead atoms. The second-order valence-electron chi connectivity index (χ2n) is 5.98. The van der Waals surface area contributed by atoms with Crippen molar-refractivity contribution < 1.29 is 19.1 Å². The van der Waals surface area contributed by atoms with E-state index in [9.17, 15) is 9.59 Å². The molecule has 26 heavy (non-hydrogen) atoms. The molecule has 1 N–H and O–H groups in total. The van der Waals surface area contributed by atoms with Crippen LogP contribution in [0.15, 0.2) is 29.6 Å². The Hall–Kier alpha value is -2.19. The molecule has 4 rings (SSSR count). The Balaban J connectivity index is 1.58. The Kier molecular flexibility index (Phi) is 4.54. The number of hydrogen-bond donors (Lipinski definition) is 1. The maximum atomic E-state index is 13.1. The number of carbonyl (C=O) groups is 2. The minimum atomic E-state index is -0.486. The zero-order valence-corrected chi connectivity index (χ0v) is 16.0. The number of nitrogens with zero attached hydrogens (tertiary/aromatic N) is 1. The van der Waals surface area contributed by atoms with E-state index >= 15 is 0 Å². The van der Waals surface area contributed by atoms with Crippen LogP contribution in [0.5, 0.6) is 11.5 Å². The second-order valence-corrected chi connectivity index (χ2v) is 8.12. The molecule has 6 nitrogen and oxygen atoms in total. The maximum Gasteiger partial charge on any atom is 0.260 e. The molecule has 0 saturated carbocycles. The highest BCUT2D eigenvalue weighted by molar-refractivity contribution is 7.99. The van der Waals surface area contributed by atoms with E-state index in [1.807, 2.05) is 23.6 Å². The van der Waals surface area contributed by atoms with Crippen molar-refractivity contribution in [2.24, 2.45) is 0 Å². The number of nitrogens with one attached hydrogen (secondary N) is 1. The van der Waals surface area contributed by atoms with E-state index in [4.69, 9.17) is 9.47 Å². The highest BCUT2D eigenvalue weighted by Gasteiger charge is 2.50. The van der Waals surface area contributed by atoms with E-state index in [0.717, 1.165) is 10.4 Å². The molecule has 2 atom stereocenters. The first-order valence-corrected chi connectivity index (χ1v) is 10.1. The number of benzene rings is 1. The number of amides is 2. The van der Waals surface area contributed by atoms with Gasteiger partial charge < -0.3 is 19.7 Å². The molecule has 8 heteroatoms. The number of carbonyl (C=O) groups excluding carboxylic acids is 2. The van der Waals surface area contributed by atoms with E-state index < -0.39 is 6.04 Å². The van der Waals surface area contributed by atoms with Crippen LogP contribution in [0.4, 0.5) is 0 Å². The molecule has 1 aromatic heterocycles. The molecule has 0 radical (unpaired) electrons. The Morgan fingerprint density at radius 1 is 1.31 bits per heavy atom. The molecule has 0 spiro atoms. The Morgan fingerprint density at radius 2 is 2.15 bits per heavy atom. The van der Waals surface area contributed by atoms with Gasteiger partial charge in [-0.05, 0) is 17.5 Å². The van der Waals surface area contributed by atoms with Crippen molar-refractivity contribution in [1.82, 2.24) is 10.2 Å². The average molecular weight is 390 g/mol. The number of thioether (sulfide) groups is 1. The van der Waals surface area contributed by atoms with Crippen molar-refractivity contribution in [3.8, 4) is 11.5 Å². The lowest BCUT2D eigenvalue weighted by molar-refractivity contribution is -0.124. The van der Waals surface area contributed by atoms with Gasteiger partial charge in [0.25, 0.3) is 5.91 Å². The van der Waals surface area contributed by atoms with Gasteiger partial charge in [0, 0.05) is 16.2 Å². The number of methoxy groups -OCH3 is 2. The van der Waals surface area contributed by atoms with Crippen LogP contribution in [0.25, 0.3) is 0 Å². The van der Waals surface area contributed by atoms with E-state index in [0.29, 0.717) is 29.4 Å². The molecule has 1 aromatic carbocycles. The molecule has 0 aliphatic carbocycles. The van der Waals surface area contributed by atoms with Gasteiger partial charge in [0.15, 0.2) is 11.5 Å². The lowest BCUT2D eigenvalue weighted by atomic mass is 10.1. The van der Waals surface area contributed by atoms with Crippen molar-refractivity contribution >= 4 is 34.9 Å². The minimum absolute atomic E-state index is 0.125. The molecule has 3 heterocycles. The third kappa shape index (κ3) is 2.64. The summed E-state index contributed by atoms with van der Waals surface area (Å²) in [6.07, 6.45) is 0. The van der Waals surface area contributed by atoms with Crippen molar-refractivity contribution in [2.75, 3.05) is 20.0 Å². The lowest BCUT2D eigenvalue weighted by Gasteiger charge is -2.22. The molecule has 2 amide bonds. The summed E-state index contributed by atoms with van der Waals surface area (Å²) in [7, 11) is 3.06. The molecule has 1 saturated heterocycles. The van der Waals surface area contributed by atoms with Gasteiger partial charge in [0.05, 0.1) is 26.3 Å². The summed E-state index contributed by atoms with van der Waals surface area (Å²) in [5, 5.41) is 4.76. The van der Waals surface area contributed by atoms with Gasteiger partial charge in [-0.3, -0.25) is 9.59 Å². The summed E-state index contributed by atoms with van der Waals surface area (Å²) in [6, 6.07) is 7.14. The first-order chi connectivity index (χ1) is 12.7. The number of hydrogen-bond acceptors (Lipinski definition) is 6. The highest BCUT2D eigenvalue weighted by Crippen LogP contribution is 2.52. The molecule has 1 unspecified atom stereocenters. The predicted octanol–water partition coefficient (Wildman–Crippen LogP) is 2.65. The van der Waals surface area contributed by atoms with E-state index in [1.165, 1.54) is 7.11 Å². The average Bonchev–Trinajstić information content (AvgIpc) is 3.37. The number of rotatable bonds is 5. The smallest absolute Gasteiger partial charge is 0.260 e. The molecule has 2 aliphatic heterocycles. The fourth-order valence-corrected chi connectivity index (χ4v) is 5.50. The monoisotopic (exact) mass is 390 g/mol. The van der Waals surface area contributed by atoms with Gasteiger partial charge >= 0.3 is 0 Å². The second kappa shape index (κ2) is 6.85. The molecule has 1 fully saturated rings. The summed E-state index contributed by atoms with van der Waals surface area (Å²) < 4.78 is 10.7. The fourth-order valence-electron chi connectivity index (χ4n) is 3.40. The van der Waals surface area contributed by atoms with Crippen LogP contribution in [0.2, 0.25) is 0 Å². The van der Waals surface area contributed by atoms with E-state index in [-0.39, 0.29) is 17.2 Å². The van der Waals surface area contributed by atoms with Crippen LogP contribution in [-0.2, 0) is 11.3 Å². The quantitative estimate of drug-likeness (QED) is 0.850. The van der Waals surface area contributed by atoms with Crippen LogP contribution in [0, 0.1) is 0 Å². The first-order valence-electron chi connectivity index (χ1n) is 8.15. The number of thiophene rings is 1. The molecule has 2 aliphatic rings. The topological polar surface area (TPSA) is 67.9 Å². The van der Waals surface area contributed by atoms with E-state index in [2.05, 4.69) is 5.32 Å². The third-order valence-electron chi connectivity index (χ3n) is 4.61. The van der Waals surface area contributed by atoms with Crippen LogP contribution >= 0.6 is 23.1 Å². The largest absolute Gasteiger partial charge is 0.493 e. The SMILES string of the molecule is COc1ccc2c(c1OC)C(=O)N1C2SC[C@H]1C(=O)NCc1cccs1. The van der Waals surface area contributed by atoms with Crippen molar-refractivity contribution in [2.45, 2.75) is 18.0 Å². The van der Waals surface area contributed by atoms with Crippen molar-refractivity contribution in [1.29, 1.82) is 0 Å². The van der Waals surface area contributed by atoms with E-state index in [1.54, 1.807) is 41.2 Å². The number of ether oxygens (including phenoxy) is 2. The molecule has 136 valence electrons. The zero-order valence-electron chi connectivity index (χ0n) is 14.4. The van der Waals surface area contributed by atoms with Gasteiger partial charge in [-0.25, -0.2) is 0 Å². The van der Waals surface area contributed by atoms with Crippen LogP contribution in [0.3, 0.4) is 0 Å². The van der Waals surface area contributed by atoms with Crippen molar-refractivity contribution in [3.05, 3.63) is 45.6 Å². The van der Waals surface area contributed by atoms with Gasteiger partial charge in [-0.1, -0.05) is 12.1 Å². The van der Waals surface area contributed by atoms with Crippen molar-refractivity contribution in [3.63, 3.8) is 0 Å². The molecular formula is C18H18N2O4S2. The van der Waals surface area contributed by atoms with Crippen LogP contribution in [-0.4, -0.2) is 42.7 Å². The first kappa shape index (κ1) is 17.2. The van der Waals surface area contributed by atoms with Gasteiger partial charge in [-0.2, -0.15) is 0 Å². The molecule has 2 aromatic rings. The summed E-state index contributed by atoms with van der Waals surface area (Å²) in [5.41, 5.74) is 1.38. The predicted molar refractivity (Wildman–Crippen MR) is 101 cm³/mol. The Labute approximate surface area is 159 Å². The standard InChI is InChI=1S/C18H18N2O4S2/c1-23-13-6-5-11-14(15(13)24-2)17(22)20-12(9-26-18(11)20)16(21)19-8-10-4-3-7-25-10/h3-7,12,18H,8-9H2,1-2H3,(H,19,21)/t12-,18?/m0/s1. The summed E-state index contributed by atoms with van der Waals surface area (Å²) in [5.74, 6) is 1.23. The molecular weight excluding hydrogens is 372 g/mol. The van der Waals surface area contributed by atoms with Gasteiger partial charge in [0.1, 0.15) is 11.4 Å². The third-order valence-corrected chi connectivity index (χ3v) is 6.79. The highest BCUT2D eigenvalue weighted by atomic mass is 32.2. The minimum Gasteiger partial charge on any atom is -0.493 e. The van der Waals surface area contributed by atoms with Gasteiger partial charge in [-0.15, -0.1) is 23.1 Å². The zero-order chi connectivity index (χ0) is 18.3.